The van der Waals surface area contributed by atoms with Crippen LogP contribution in [0.15, 0.2) is 34.7 Å². The molecule has 0 atom stereocenters. The zero-order chi connectivity index (χ0) is 28.0. The number of hydroxylamine groups is 2. The minimum absolute atomic E-state index is 0.0122. The number of thiophene rings is 1. The number of hydrogen-bond acceptors (Lipinski definition) is 7. The van der Waals surface area contributed by atoms with Gasteiger partial charge in [-0.2, -0.15) is 13.2 Å². The molecule has 0 saturated heterocycles. The third kappa shape index (κ3) is 12.2. The summed E-state index contributed by atoms with van der Waals surface area (Å²) in [5, 5.41) is 1.26. The van der Waals surface area contributed by atoms with Crippen LogP contribution in [0.4, 0.5) is 13.2 Å². The first kappa shape index (κ1) is 32.2. The fourth-order valence-corrected chi connectivity index (χ4v) is 6.32. The second-order valence-corrected chi connectivity index (χ2v) is 12.4. The highest BCUT2D eigenvalue weighted by atomic mass is 32.2. The highest BCUT2D eigenvalue weighted by Crippen LogP contribution is 2.28. The van der Waals surface area contributed by atoms with Crippen LogP contribution in [0, 0.1) is 0 Å². The molecule has 2 aromatic rings. The summed E-state index contributed by atoms with van der Waals surface area (Å²) < 4.78 is 66.4. The van der Waals surface area contributed by atoms with E-state index in [1.807, 2.05) is 0 Å². The number of rotatable bonds is 18. The Morgan fingerprint density at radius 3 is 2.16 bits per heavy atom. The van der Waals surface area contributed by atoms with Gasteiger partial charge in [-0.25, -0.2) is 13.1 Å². The Hall–Kier alpha value is -2.02. The Labute approximate surface area is 227 Å². The molecular weight excluding hydrogens is 539 g/mol. The molecule has 38 heavy (non-hydrogen) atoms. The van der Waals surface area contributed by atoms with Gasteiger partial charge in [0.1, 0.15) is 9.90 Å². The molecule has 0 saturated carbocycles. The summed E-state index contributed by atoms with van der Waals surface area (Å²) in [5.41, 5.74) is -0.611. The number of unbranched alkanes of at least 4 members (excludes halogenated alkanes) is 9. The number of nitrogens with zero attached hydrogens (tertiary/aromatic N) is 2. The number of nitrogens with one attached hydrogen (secondary N) is 1. The van der Waals surface area contributed by atoms with Crippen LogP contribution in [0.2, 0.25) is 0 Å². The van der Waals surface area contributed by atoms with Crippen molar-refractivity contribution in [2.24, 2.45) is 0 Å². The van der Waals surface area contributed by atoms with Crippen molar-refractivity contribution < 1.29 is 31.2 Å². The fraction of sp³-hybridized carbons (Fsp3) is 0.615. The Bertz CT molecular complexity index is 1070. The maximum absolute atomic E-state index is 12.7. The second kappa shape index (κ2) is 16.2. The molecule has 0 aliphatic carbocycles. The quantitative estimate of drug-likeness (QED) is 0.154. The first-order chi connectivity index (χ1) is 18.0. The zero-order valence-corrected chi connectivity index (χ0v) is 23.7. The Morgan fingerprint density at radius 2 is 1.61 bits per heavy atom. The van der Waals surface area contributed by atoms with Gasteiger partial charge in [-0.1, -0.05) is 70.8 Å². The van der Waals surface area contributed by atoms with Crippen molar-refractivity contribution in [3.8, 4) is 0 Å². The SMILES string of the molecule is CCCCCCCCCCCCNS(=O)(=O)c1ccc(CN(Cc2ccc(C(F)(F)F)nc2)OC(C)=O)s1. The molecule has 7 nitrogen and oxygen atoms in total. The lowest BCUT2D eigenvalue weighted by Gasteiger charge is -2.20. The Kier molecular flexibility index (Phi) is 13.7. The molecule has 0 aliphatic heterocycles. The third-order valence-electron chi connectivity index (χ3n) is 5.79. The highest BCUT2D eigenvalue weighted by Gasteiger charge is 2.32. The predicted molar refractivity (Wildman–Crippen MR) is 142 cm³/mol. The van der Waals surface area contributed by atoms with E-state index < -0.39 is 27.9 Å². The van der Waals surface area contributed by atoms with E-state index in [-0.39, 0.29) is 17.3 Å². The summed E-state index contributed by atoms with van der Waals surface area (Å²) in [4.78, 5) is 20.8. The van der Waals surface area contributed by atoms with Crippen molar-refractivity contribution in [3.63, 3.8) is 0 Å². The van der Waals surface area contributed by atoms with Crippen LogP contribution in [0.5, 0.6) is 0 Å². The van der Waals surface area contributed by atoms with E-state index in [1.165, 1.54) is 69.1 Å². The van der Waals surface area contributed by atoms with Gasteiger partial charge in [0.15, 0.2) is 0 Å². The Balaban J connectivity index is 1.81. The van der Waals surface area contributed by atoms with Gasteiger partial charge >= 0.3 is 12.1 Å². The van der Waals surface area contributed by atoms with Gasteiger partial charge in [0.05, 0.1) is 13.1 Å². The molecular formula is C26H38F3N3O4S2. The molecule has 0 aromatic carbocycles. The zero-order valence-electron chi connectivity index (χ0n) is 22.1. The van der Waals surface area contributed by atoms with Gasteiger partial charge < -0.3 is 4.84 Å². The van der Waals surface area contributed by atoms with Crippen LogP contribution in [0.25, 0.3) is 0 Å². The minimum atomic E-state index is -4.55. The maximum Gasteiger partial charge on any atom is 0.433 e. The molecule has 2 aromatic heterocycles. The van der Waals surface area contributed by atoms with Crippen molar-refractivity contribution in [3.05, 3.63) is 46.6 Å². The monoisotopic (exact) mass is 577 g/mol. The number of sulfonamides is 1. The van der Waals surface area contributed by atoms with Crippen molar-refractivity contribution in [1.82, 2.24) is 14.8 Å². The molecule has 0 bridgehead atoms. The minimum Gasteiger partial charge on any atom is -0.368 e. The first-order valence-corrected chi connectivity index (χ1v) is 15.3. The van der Waals surface area contributed by atoms with Crippen LogP contribution >= 0.6 is 11.3 Å². The van der Waals surface area contributed by atoms with Gasteiger partial charge in [0, 0.05) is 24.5 Å². The average molecular weight is 578 g/mol. The van der Waals surface area contributed by atoms with E-state index in [1.54, 1.807) is 6.07 Å². The number of hydrogen-bond donors (Lipinski definition) is 1. The first-order valence-electron chi connectivity index (χ1n) is 13.0. The summed E-state index contributed by atoms with van der Waals surface area (Å²) in [5.74, 6) is -0.604. The summed E-state index contributed by atoms with van der Waals surface area (Å²) in [6.07, 6.45) is 8.19. The topological polar surface area (TPSA) is 88.6 Å². The van der Waals surface area contributed by atoms with Gasteiger partial charge in [0.25, 0.3) is 0 Å². The predicted octanol–water partition coefficient (Wildman–Crippen LogP) is 6.84. The molecule has 0 spiro atoms. The lowest BCUT2D eigenvalue weighted by molar-refractivity contribution is -0.193. The van der Waals surface area contributed by atoms with Gasteiger partial charge in [-0.15, -0.1) is 16.4 Å². The molecule has 214 valence electrons. The van der Waals surface area contributed by atoms with Gasteiger partial charge in [-0.05, 0) is 30.2 Å². The molecule has 12 heteroatoms. The van der Waals surface area contributed by atoms with Crippen LogP contribution in [-0.4, -0.2) is 31.0 Å². The number of halogens is 3. The van der Waals surface area contributed by atoms with Crippen molar-refractivity contribution in [2.75, 3.05) is 6.54 Å². The third-order valence-corrected chi connectivity index (χ3v) is 8.81. The van der Waals surface area contributed by atoms with E-state index >= 15 is 0 Å². The van der Waals surface area contributed by atoms with Crippen molar-refractivity contribution in [2.45, 2.75) is 102 Å². The van der Waals surface area contributed by atoms with Crippen molar-refractivity contribution >= 4 is 27.3 Å². The number of aromatic nitrogens is 1. The van der Waals surface area contributed by atoms with Gasteiger partial charge in [0.2, 0.25) is 10.0 Å². The van der Waals surface area contributed by atoms with Crippen molar-refractivity contribution in [1.29, 1.82) is 0 Å². The molecule has 0 fully saturated rings. The maximum atomic E-state index is 12.7. The average Bonchev–Trinajstić information content (AvgIpc) is 3.31. The van der Waals surface area contributed by atoms with E-state index in [0.717, 1.165) is 42.9 Å². The smallest absolute Gasteiger partial charge is 0.368 e. The van der Waals surface area contributed by atoms with E-state index in [2.05, 4.69) is 16.6 Å². The van der Waals surface area contributed by atoms with Crippen LogP contribution < -0.4 is 4.72 Å². The van der Waals surface area contributed by atoms with Crippen LogP contribution in [0.3, 0.4) is 0 Å². The van der Waals surface area contributed by atoms with Gasteiger partial charge in [-0.3, -0.25) is 9.78 Å². The molecule has 0 aliphatic rings. The highest BCUT2D eigenvalue weighted by molar-refractivity contribution is 7.91. The largest absolute Gasteiger partial charge is 0.433 e. The summed E-state index contributed by atoms with van der Waals surface area (Å²) >= 11 is 1.05. The summed E-state index contributed by atoms with van der Waals surface area (Å²) in [7, 11) is -3.66. The number of alkyl halides is 3. The number of carbonyl (C=O) groups is 1. The molecule has 0 radical (unpaired) electrons. The standard InChI is InChI=1S/C26H38F3N3O4S2/c1-3-4-5-6-7-8-9-10-11-12-17-31-38(34,35)25-16-14-23(37-25)20-32(36-21(2)33)19-22-13-15-24(30-18-22)26(27,28)29/h13-16,18,31H,3-12,17,19-20H2,1-2H3. The molecule has 0 unspecified atom stereocenters. The number of carbonyl (C=O) groups excluding carboxylic acids is 1. The Morgan fingerprint density at radius 1 is 0.974 bits per heavy atom. The summed E-state index contributed by atoms with van der Waals surface area (Å²) in [6.45, 7) is 3.84. The molecule has 2 heterocycles. The van der Waals surface area contributed by atoms with Crippen LogP contribution in [0.1, 0.15) is 94.2 Å². The van der Waals surface area contributed by atoms with Crippen LogP contribution in [-0.2, 0) is 38.9 Å². The van der Waals surface area contributed by atoms with E-state index in [0.29, 0.717) is 17.0 Å². The lowest BCUT2D eigenvalue weighted by atomic mass is 10.1. The lowest BCUT2D eigenvalue weighted by Crippen LogP contribution is -2.25. The second-order valence-electron chi connectivity index (χ2n) is 9.23. The normalized spacial score (nSPS) is 12.3. The molecule has 0 amide bonds. The summed E-state index contributed by atoms with van der Waals surface area (Å²) in [6, 6.07) is 5.24. The van der Waals surface area contributed by atoms with E-state index in [4.69, 9.17) is 4.84 Å². The molecule has 1 N–H and O–H groups in total. The van der Waals surface area contributed by atoms with E-state index in [9.17, 15) is 26.4 Å². The fourth-order valence-electron chi connectivity index (χ4n) is 3.84. The number of pyridine rings is 1. The molecule has 2 rings (SSSR count).